The van der Waals surface area contributed by atoms with Crippen LogP contribution in [0, 0.1) is 0 Å². The smallest absolute Gasteiger partial charge is 0.478 e. The average molecular weight is 358 g/mol. The van der Waals surface area contributed by atoms with Gasteiger partial charge in [-0.25, -0.2) is 9.59 Å². The molecule has 1 aliphatic carbocycles. The van der Waals surface area contributed by atoms with E-state index in [0.717, 1.165) is 6.08 Å². The molecule has 136 valence electrons. The van der Waals surface area contributed by atoms with Crippen molar-refractivity contribution in [3.63, 3.8) is 0 Å². The van der Waals surface area contributed by atoms with Gasteiger partial charge in [0.05, 0.1) is 11.7 Å². The summed E-state index contributed by atoms with van der Waals surface area (Å²) in [5.41, 5.74) is 0.907. The number of carbonyl (C=O) groups is 2. The van der Waals surface area contributed by atoms with Gasteiger partial charge < -0.3 is 9.84 Å². The lowest BCUT2D eigenvalue weighted by Gasteiger charge is -2.28. The molecule has 2 rings (SSSR count). The molecule has 0 amide bonds. The zero-order valence-corrected chi connectivity index (χ0v) is 13.2. The fourth-order valence-electron chi connectivity index (χ4n) is 2.57. The van der Waals surface area contributed by atoms with E-state index in [4.69, 9.17) is 9.84 Å². The van der Waals surface area contributed by atoms with Crippen molar-refractivity contribution in [1.82, 2.24) is 0 Å². The molecule has 8 heteroatoms. The Balaban J connectivity index is 1.83. The predicted molar refractivity (Wildman–Crippen MR) is 81.7 cm³/mol. The van der Waals surface area contributed by atoms with Crippen LogP contribution in [-0.4, -0.2) is 35.6 Å². The Morgan fingerprint density at radius 1 is 1.04 bits per heavy atom. The topological polar surface area (TPSA) is 72.8 Å². The number of esters is 1. The number of alkyl halides is 3. The Hall–Kier alpha value is -2.35. The number of carboxylic acid groups (broad SMARTS) is 1. The van der Waals surface area contributed by atoms with E-state index >= 15 is 0 Å². The summed E-state index contributed by atoms with van der Waals surface area (Å²) in [6, 6.07) is 6.15. The largest absolute Gasteiger partial charge is 0.522 e. The first-order chi connectivity index (χ1) is 11.7. The highest BCUT2D eigenvalue weighted by Crippen LogP contribution is 2.29. The first-order valence-electron chi connectivity index (χ1n) is 7.69. The molecule has 0 heterocycles. The second kappa shape index (κ2) is 8.15. The van der Waals surface area contributed by atoms with Gasteiger partial charge in [-0.1, -0.05) is 12.1 Å². The second-order valence-corrected chi connectivity index (χ2v) is 5.66. The molecule has 0 spiro atoms. The molecule has 1 aliphatic rings. The molecule has 1 N–H and O–H groups in total. The van der Waals surface area contributed by atoms with Crippen LogP contribution in [0.2, 0.25) is 0 Å². The minimum absolute atomic E-state index is 0.177. The van der Waals surface area contributed by atoms with Crippen LogP contribution < -0.4 is 0 Å². The molecule has 0 saturated heterocycles. The summed E-state index contributed by atoms with van der Waals surface area (Å²) in [5, 5.41) is 8.55. The first kappa shape index (κ1) is 19.0. The molecule has 0 atom stereocenters. The maximum Gasteiger partial charge on any atom is 0.522 e. The summed E-state index contributed by atoms with van der Waals surface area (Å²) in [6.07, 6.45) is -2.63. The number of ether oxygens (including phenoxy) is 2. The van der Waals surface area contributed by atoms with Gasteiger partial charge in [0, 0.05) is 6.08 Å². The Labute approximate surface area is 142 Å². The fourth-order valence-corrected chi connectivity index (χ4v) is 2.57. The maximum absolute atomic E-state index is 12.2. The number of hydrogen-bond acceptors (Lipinski definition) is 4. The third-order valence-electron chi connectivity index (χ3n) is 3.76. The molecule has 0 radical (unpaired) electrons. The monoisotopic (exact) mass is 358 g/mol. The lowest BCUT2D eigenvalue weighted by molar-refractivity contribution is -0.346. The number of hydrogen-bond donors (Lipinski definition) is 1. The standard InChI is InChI=1S/C17H17F3O5/c18-17(19,20)25-14-8-6-13(7-9-14)24-16(23)12-4-1-11(2-5-12)3-10-15(21)22/h1-5,10,13-14H,6-9H2,(H,21,22). The molecular weight excluding hydrogens is 341 g/mol. The van der Waals surface area contributed by atoms with Crippen molar-refractivity contribution in [3.05, 3.63) is 41.5 Å². The molecule has 0 aromatic heterocycles. The van der Waals surface area contributed by atoms with Crippen molar-refractivity contribution in [1.29, 1.82) is 0 Å². The third kappa shape index (κ3) is 6.58. The molecule has 5 nitrogen and oxygen atoms in total. The van der Waals surface area contributed by atoms with Gasteiger partial charge >= 0.3 is 18.3 Å². The van der Waals surface area contributed by atoms with E-state index in [-0.39, 0.29) is 12.8 Å². The zero-order valence-electron chi connectivity index (χ0n) is 13.2. The van der Waals surface area contributed by atoms with Crippen LogP contribution in [-0.2, 0) is 14.3 Å². The molecule has 0 aliphatic heterocycles. The van der Waals surface area contributed by atoms with Gasteiger partial charge in [0.15, 0.2) is 0 Å². The van der Waals surface area contributed by atoms with Crippen LogP contribution in [0.15, 0.2) is 30.3 Å². The summed E-state index contributed by atoms with van der Waals surface area (Å²) in [5.74, 6) is -1.64. The van der Waals surface area contributed by atoms with Crippen LogP contribution in [0.5, 0.6) is 0 Å². The predicted octanol–water partition coefficient (Wildman–Crippen LogP) is 3.79. The van der Waals surface area contributed by atoms with E-state index in [1.54, 1.807) is 12.1 Å². The van der Waals surface area contributed by atoms with Crippen molar-refractivity contribution in [2.24, 2.45) is 0 Å². The van der Waals surface area contributed by atoms with Gasteiger partial charge in [0.25, 0.3) is 0 Å². The summed E-state index contributed by atoms with van der Waals surface area (Å²) in [7, 11) is 0. The molecular formula is C17H17F3O5. The normalized spacial score (nSPS) is 21.2. The molecule has 0 unspecified atom stereocenters. The Morgan fingerprint density at radius 3 is 2.12 bits per heavy atom. The van der Waals surface area contributed by atoms with Crippen molar-refractivity contribution >= 4 is 18.0 Å². The molecule has 1 aromatic carbocycles. The highest BCUT2D eigenvalue weighted by atomic mass is 19.4. The van der Waals surface area contributed by atoms with E-state index in [2.05, 4.69) is 4.74 Å². The van der Waals surface area contributed by atoms with Crippen LogP contribution in [0.4, 0.5) is 13.2 Å². The summed E-state index contributed by atoms with van der Waals surface area (Å²) < 4.78 is 45.8. The number of aliphatic carboxylic acids is 1. The number of carbonyl (C=O) groups excluding carboxylic acids is 1. The Morgan fingerprint density at radius 2 is 1.60 bits per heavy atom. The first-order valence-corrected chi connectivity index (χ1v) is 7.69. The maximum atomic E-state index is 12.2. The third-order valence-corrected chi connectivity index (χ3v) is 3.76. The van der Waals surface area contributed by atoms with E-state index < -0.39 is 30.5 Å². The fraction of sp³-hybridized carbons (Fsp3) is 0.412. The molecule has 1 fully saturated rings. The highest BCUT2D eigenvalue weighted by molar-refractivity contribution is 5.90. The number of rotatable bonds is 5. The zero-order chi connectivity index (χ0) is 18.4. The minimum atomic E-state index is -4.65. The average Bonchev–Trinajstić information content (AvgIpc) is 2.54. The van der Waals surface area contributed by atoms with Crippen molar-refractivity contribution in [2.75, 3.05) is 0 Å². The van der Waals surface area contributed by atoms with Crippen LogP contribution in [0.3, 0.4) is 0 Å². The van der Waals surface area contributed by atoms with E-state index in [0.29, 0.717) is 24.0 Å². The lowest BCUT2D eigenvalue weighted by atomic mass is 9.95. The van der Waals surface area contributed by atoms with E-state index in [1.807, 2.05) is 0 Å². The van der Waals surface area contributed by atoms with Gasteiger partial charge in [0.1, 0.15) is 6.10 Å². The number of benzene rings is 1. The minimum Gasteiger partial charge on any atom is -0.478 e. The quantitative estimate of drug-likeness (QED) is 0.640. The van der Waals surface area contributed by atoms with Crippen molar-refractivity contribution < 1.29 is 37.3 Å². The SMILES string of the molecule is O=C(O)C=Cc1ccc(C(=O)OC2CCC(OC(F)(F)F)CC2)cc1. The molecule has 0 bridgehead atoms. The van der Waals surface area contributed by atoms with Gasteiger partial charge in [-0.3, -0.25) is 4.74 Å². The summed E-state index contributed by atoms with van der Waals surface area (Å²) in [6.45, 7) is 0. The van der Waals surface area contributed by atoms with Crippen LogP contribution in [0.25, 0.3) is 6.08 Å². The number of halogens is 3. The lowest BCUT2D eigenvalue weighted by Crippen LogP contribution is -2.31. The van der Waals surface area contributed by atoms with Crippen molar-refractivity contribution in [3.8, 4) is 0 Å². The van der Waals surface area contributed by atoms with Crippen LogP contribution in [0.1, 0.15) is 41.6 Å². The van der Waals surface area contributed by atoms with E-state index in [1.165, 1.54) is 18.2 Å². The van der Waals surface area contributed by atoms with Gasteiger partial charge in [-0.15, -0.1) is 13.2 Å². The molecule has 1 aromatic rings. The Bertz CT molecular complexity index is 629. The van der Waals surface area contributed by atoms with Crippen molar-refractivity contribution in [2.45, 2.75) is 44.3 Å². The number of carboxylic acids is 1. The van der Waals surface area contributed by atoms with E-state index in [9.17, 15) is 22.8 Å². The van der Waals surface area contributed by atoms with Gasteiger partial charge in [-0.05, 0) is 49.5 Å². The molecule has 1 saturated carbocycles. The molecule has 25 heavy (non-hydrogen) atoms. The van der Waals surface area contributed by atoms with Gasteiger partial charge in [0.2, 0.25) is 0 Å². The van der Waals surface area contributed by atoms with Crippen LogP contribution >= 0.6 is 0 Å². The van der Waals surface area contributed by atoms with Gasteiger partial charge in [-0.2, -0.15) is 0 Å². The second-order valence-electron chi connectivity index (χ2n) is 5.66. The summed E-state index contributed by atoms with van der Waals surface area (Å²) >= 11 is 0. The highest BCUT2D eigenvalue weighted by Gasteiger charge is 2.36. The summed E-state index contributed by atoms with van der Waals surface area (Å²) in [4.78, 5) is 22.5. The Kier molecular flexibility index (Phi) is 6.19.